The van der Waals surface area contributed by atoms with Gasteiger partial charge in [-0.05, 0) is 32.1 Å². The van der Waals surface area contributed by atoms with Crippen LogP contribution in [0.25, 0.3) is 0 Å². The fourth-order valence-corrected chi connectivity index (χ4v) is 4.98. The number of nitrogens with one attached hydrogen (secondary N) is 1. The Balaban J connectivity index is 1.44. The second kappa shape index (κ2) is 7.67. The molecular weight excluding hydrogens is 360 g/mol. The van der Waals surface area contributed by atoms with Gasteiger partial charge in [0.2, 0.25) is 0 Å². The predicted molar refractivity (Wildman–Crippen MR) is 105 cm³/mol. The van der Waals surface area contributed by atoms with Crippen LogP contribution in [0.1, 0.15) is 64.6 Å². The van der Waals surface area contributed by atoms with Crippen LogP contribution in [-0.2, 0) is 19.5 Å². The Kier molecular flexibility index (Phi) is 5.27. The fraction of sp³-hybridized carbons (Fsp3) is 0.684. The second-order valence-electron chi connectivity index (χ2n) is 7.98. The second-order valence-corrected chi connectivity index (χ2v) is 9.18. The summed E-state index contributed by atoms with van der Waals surface area (Å²) in [7, 11) is 0. The van der Waals surface area contributed by atoms with Gasteiger partial charge in [0.15, 0.2) is 0 Å². The van der Waals surface area contributed by atoms with Crippen LogP contribution in [0.2, 0.25) is 0 Å². The standard InChI is InChI=1S/C19H28N6OS/c1-12(2)10-15-17(27-13(3)21-15)19(26)24-7-4-14(5-8-24)18-23-22-16-11-20-6-9-25(16)18/h12,14,20H,4-11H2,1-3H3. The first-order chi connectivity index (χ1) is 13.0. The molecule has 0 spiro atoms. The third kappa shape index (κ3) is 3.78. The largest absolute Gasteiger partial charge is 0.338 e. The normalized spacial score (nSPS) is 18.1. The van der Waals surface area contributed by atoms with E-state index in [2.05, 4.69) is 38.9 Å². The zero-order valence-electron chi connectivity index (χ0n) is 16.4. The van der Waals surface area contributed by atoms with E-state index < -0.39 is 0 Å². The van der Waals surface area contributed by atoms with Gasteiger partial charge in [-0.1, -0.05) is 13.8 Å². The molecule has 4 heterocycles. The van der Waals surface area contributed by atoms with Crippen LogP contribution in [0.5, 0.6) is 0 Å². The summed E-state index contributed by atoms with van der Waals surface area (Å²) in [5.74, 6) is 3.19. The van der Waals surface area contributed by atoms with E-state index in [0.717, 1.165) is 79.2 Å². The van der Waals surface area contributed by atoms with Gasteiger partial charge in [0, 0.05) is 32.1 Å². The number of nitrogens with zero attached hydrogens (tertiary/aromatic N) is 5. The summed E-state index contributed by atoms with van der Waals surface area (Å²) in [6, 6.07) is 0. The number of rotatable bonds is 4. The highest BCUT2D eigenvalue weighted by atomic mass is 32.1. The number of piperidine rings is 1. The van der Waals surface area contributed by atoms with Gasteiger partial charge in [-0.15, -0.1) is 21.5 Å². The van der Waals surface area contributed by atoms with Crippen LogP contribution >= 0.6 is 11.3 Å². The van der Waals surface area contributed by atoms with Crippen LogP contribution < -0.4 is 5.32 Å². The van der Waals surface area contributed by atoms with Gasteiger partial charge in [-0.2, -0.15) is 0 Å². The number of thiazole rings is 1. The van der Waals surface area contributed by atoms with Gasteiger partial charge in [-0.25, -0.2) is 4.98 Å². The predicted octanol–water partition coefficient (Wildman–Crippen LogP) is 2.36. The maximum absolute atomic E-state index is 13.1. The maximum Gasteiger partial charge on any atom is 0.265 e. The van der Waals surface area contributed by atoms with Crippen LogP contribution in [-0.4, -0.2) is 50.2 Å². The number of carbonyl (C=O) groups excluding carboxylic acids is 1. The average molecular weight is 389 g/mol. The molecular formula is C19H28N6OS. The van der Waals surface area contributed by atoms with Crippen molar-refractivity contribution < 1.29 is 4.79 Å². The summed E-state index contributed by atoms with van der Waals surface area (Å²) in [4.78, 5) is 20.6. The number of aromatic nitrogens is 4. The Bertz CT molecular complexity index is 818. The molecule has 2 aliphatic heterocycles. The van der Waals surface area contributed by atoms with E-state index in [9.17, 15) is 4.79 Å². The minimum absolute atomic E-state index is 0.155. The quantitative estimate of drug-likeness (QED) is 0.870. The lowest BCUT2D eigenvalue weighted by atomic mass is 9.95. The van der Waals surface area contributed by atoms with Crippen LogP contribution in [0.4, 0.5) is 0 Å². The minimum Gasteiger partial charge on any atom is -0.338 e. The van der Waals surface area contributed by atoms with Gasteiger partial charge in [0.05, 0.1) is 17.2 Å². The van der Waals surface area contributed by atoms with Crippen molar-refractivity contribution in [1.29, 1.82) is 0 Å². The maximum atomic E-state index is 13.1. The number of fused-ring (bicyclic) bond motifs is 1. The number of carbonyl (C=O) groups is 1. The molecule has 1 N–H and O–H groups in total. The lowest BCUT2D eigenvalue weighted by molar-refractivity contribution is 0.0713. The van der Waals surface area contributed by atoms with Crippen molar-refractivity contribution in [3.63, 3.8) is 0 Å². The smallest absolute Gasteiger partial charge is 0.265 e. The molecule has 146 valence electrons. The summed E-state index contributed by atoms with van der Waals surface area (Å²) in [6.07, 6.45) is 2.77. The molecule has 27 heavy (non-hydrogen) atoms. The SMILES string of the molecule is Cc1nc(CC(C)C)c(C(=O)N2CCC(c3nnc4n3CCNC4)CC2)s1. The Labute approximate surface area is 164 Å². The molecule has 4 rings (SSSR count). The number of likely N-dealkylation sites (tertiary alicyclic amines) is 1. The number of hydrogen-bond acceptors (Lipinski definition) is 6. The zero-order valence-corrected chi connectivity index (χ0v) is 17.2. The monoisotopic (exact) mass is 388 g/mol. The molecule has 1 amide bonds. The van der Waals surface area contributed by atoms with Crippen molar-refractivity contribution in [2.24, 2.45) is 5.92 Å². The van der Waals surface area contributed by atoms with Crippen LogP contribution in [0.15, 0.2) is 0 Å². The molecule has 0 bridgehead atoms. The summed E-state index contributed by atoms with van der Waals surface area (Å²) in [5.41, 5.74) is 0.971. The number of hydrogen-bond donors (Lipinski definition) is 1. The molecule has 2 aromatic heterocycles. The molecule has 0 unspecified atom stereocenters. The van der Waals surface area contributed by atoms with Crippen LogP contribution in [0, 0.1) is 12.8 Å². The first-order valence-corrected chi connectivity index (χ1v) is 10.7. The van der Waals surface area contributed by atoms with Gasteiger partial charge >= 0.3 is 0 Å². The Morgan fingerprint density at radius 1 is 1.26 bits per heavy atom. The Hall–Kier alpha value is -1.80. The van der Waals surface area contributed by atoms with Gasteiger partial charge < -0.3 is 14.8 Å². The average Bonchev–Trinajstić information content (AvgIpc) is 3.24. The number of amides is 1. The molecule has 0 atom stereocenters. The van der Waals surface area contributed by atoms with Crippen molar-refractivity contribution in [2.45, 2.75) is 59.0 Å². The van der Waals surface area contributed by atoms with E-state index in [1.165, 1.54) is 11.3 Å². The molecule has 1 fully saturated rings. The lowest BCUT2D eigenvalue weighted by Crippen LogP contribution is -2.39. The van der Waals surface area contributed by atoms with E-state index in [1.807, 2.05) is 11.8 Å². The van der Waals surface area contributed by atoms with E-state index in [4.69, 9.17) is 0 Å². The highest BCUT2D eigenvalue weighted by molar-refractivity contribution is 7.13. The summed E-state index contributed by atoms with van der Waals surface area (Å²) in [6.45, 7) is 10.6. The van der Waals surface area contributed by atoms with E-state index in [0.29, 0.717) is 11.8 Å². The molecule has 1 saturated heterocycles. The molecule has 0 aliphatic carbocycles. The van der Waals surface area contributed by atoms with Crippen molar-refractivity contribution in [3.05, 3.63) is 27.2 Å². The van der Waals surface area contributed by atoms with E-state index in [1.54, 1.807) is 0 Å². The minimum atomic E-state index is 0.155. The summed E-state index contributed by atoms with van der Waals surface area (Å²) in [5, 5.41) is 13.1. The van der Waals surface area contributed by atoms with Crippen molar-refractivity contribution >= 4 is 17.2 Å². The molecule has 0 aromatic carbocycles. The first-order valence-electron chi connectivity index (χ1n) is 9.91. The zero-order chi connectivity index (χ0) is 19.0. The molecule has 2 aliphatic rings. The molecule has 0 saturated carbocycles. The third-order valence-electron chi connectivity index (χ3n) is 5.40. The molecule has 7 nitrogen and oxygen atoms in total. The highest BCUT2D eigenvalue weighted by Gasteiger charge is 2.30. The molecule has 2 aromatic rings. The van der Waals surface area contributed by atoms with Crippen molar-refractivity contribution in [2.75, 3.05) is 19.6 Å². The number of aryl methyl sites for hydroxylation is 1. The fourth-order valence-electron chi connectivity index (χ4n) is 4.06. The highest BCUT2D eigenvalue weighted by Crippen LogP contribution is 2.30. The molecule has 8 heteroatoms. The van der Waals surface area contributed by atoms with E-state index in [-0.39, 0.29) is 5.91 Å². The van der Waals surface area contributed by atoms with Crippen LogP contribution in [0.3, 0.4) is 0 Å². The van der Waals surface area contributed by atoms with E-state index >= 15 is 0 Å². The topological polar surface area (TPSA) is 75.9 Å². The van der Waals surface area contributed by atoms with Crippen molar-refractivity contribution in [1.82, 2.24) is 30.0 Å². The molecule has 0 radical (unpaired) electrons. The van der Waals surface area contributed by atoms with Crippen molar-refractivity contribution in [3.8, 4) is 0 Å². The summed E-state index contributed by atoms with van der Waals surface area (Å²) >= 11 is 1.54. The lowest BCUT2D eigenvalue weighted by Gasteiger charge is -2.32. The van der Waals surface area contributed by atoms with Gasteiger partial charge in [0.25, 0.3) is 5.91 Å². The van der Waals surface area contributed by atoms with Gasteiger partial charge in [0.1, 0.15) is 16.5 Å². The Morgan fingerprint density at radius 3 is 2.78 bits per heavy atom. The Morgan fingerprint density at radius 2 is 2.04 bits per heavy atom. The first kappa shape index (κ1) is 18.6. The third-order valence-corrected chi connectivity index (χ3v) is 6.40. The summed E-state index contributed by atoms with van der Waals surface area (Å²) < 4.78 is 2.27. The van der Waals surface area contributed by atoms with Gasteiger partial charge in [-0.3, -0.25) is 4.79 Å².